The van der Waals surface area contributed by atoms with Crippen molar-refractivity contribution in [2.75, 3.05) is 0 Å². The van der Waals surface area contributed by atoms with Crippen molar-refractivity contribution in [1.82, 2.24) is 5.32 Å². The molecule has 0 saturated carbocycles. The van der Waals surface area contributed by atoms with Gasteiger partial charge in [-0.25, -0.2) is 0 Å². The van der Waals surface area contributed by atoms with Gasteiger partial charge in [-0.1, -0.05) is 32.4 Å². The normalized spacial score (nSPS) is 16.5. The van der Waals surface area contributed by atoms with Gasteiger partial charge in [-0.05, 0) is 43.9 Å². The van der Waals surface area contributed by atoms with Gasteiger partial charge >= 0.3 is 0 Å². The first-order valence-corrected chi connectivity index (χ1v) is 6.57. The Hall–Kier alpha value is -1.02. The maximum Gasteiger partial charge on any atom is 0.115 e. The molecule has 0 radical (unpaired) electrons. The average Bonchev–Trinajstić information content (AvgIpc) is 2.29. The van der Waals surface area contributed by atoms with E-state index in [9.17, 15) is 5.11 Å². The summed E-state index contributed by atoms with van der Waals surface area (Å²) in [6.45, 7) is 8.94. The highest BCUT2D eigenvalue weighted by atomic mass is 16.3. The fraction of sp³-hybridized carbons (Fsp3) is 0.600. The Morgan fingerprint density at radius 3 is 2.24 bits per heavy atom. The number of hydrogen-bond acceptors (Lipinski definition) is 2. The molecule has 0 heterocycles. The van der Waals surface area contributed by atoms with Gasteiger partial charge < -0.3 is 10.4 Å². The lowest BCUT2D eigenvalue weighted by Gasteiger charge is -2.22. The highest BCUT2D eigenvalue weighted by molar-refractivity contribution is 5.27. The lowest BCUT2D eigenvalue weighted by atomic mass is 9.99. The summed E-state index contributed by atoms with van der Waals surface area (Å²) in [5.41, 5.74) is 1.22. The predicted octanol–water partition coefficient (Wildman–Crippen LogP) is 3.87. The molecule has 1 aromatic carbocycles. The predicted molar refractivity (Wildman–Crippen MR) is 73.2 cm³/mol. The molecule has 0 aromatic heterocycles. The molecular weight excluding hydrogens is 210 g/mol. The van der Waals surface area contributed by atoms with Crippen LogP contribution in [0.2, 0.25) is 0 Å². The molecule has 3 unspecified atom stereocenters. The molecule has 0 amide bonds. The molecule has 2 nitrogen and oxygen atoms in total. The zero-order chi connectivity index (χ0) is 12.8. The van der Waals surface area contributed by atoms with Crippen LogP contribution in [0.4, 0.5) is 0 Å². The van der Waals surface area contributed by atoms with Crippen molar-refractivity contribution in [2.24, 2.45) is 5.92 Å². The molecule has 0 aliphatic carbocycles. The number of nitrogens with one attached hydrogen (secondary N) is 1. The van der Waals surface area contributed by atoms with Gasteiger partial charge in [0.1, 0.15) is 5.75 Å². The van der Waals surface area contributed by atoms with Crippen LogP contribution in [-0.2, 0) is 0 Å². The molecule has 2 heteroatoms. The van der Waals surface area contributed by atoms with Gasteiger partial charge in [-0.2, -0.15) is 0 Å². The molecule has 1 rings (SSSR count). The van der Waals surface area contributed by atoms with Crippen LogP contribution in [0.1, 0.15) is 52.1 Å². The van der Waals surface area contributed by atoms with Crippen LogP contribution in [0, 0.1) is 5.92 Å². The molecule has 1 aromatic rings. The van der Waals surface area contributed by atoms with Crippen molar-refractivity contribution in [1.29, 1.82) is 0 Å². The molecule has 3 atom stereocenters. The molecule has 0 aliphatic rings. The molecule has 17 heavy (non-hydrogen) atoms. The third-order valence-electron chi connectivity index (χ3n) is 3.38. The maximum absolute atomic E-state index is 9.25. The van der Waals surface area contributed by atoms with E-state index in [1.807, 2.05) is 12.1 Å². The Labute approximate surface area is 105 Å². The minimum atomic E-state index is 0.327. The summed E-state index contributed by atoms with van der Waals surface area (Å²) in [5.74, 6) is 1.10. The maximum atomic E-state index is 9.25. The molecule has 2 N–H and O–H groups in total. The summed E-state index contributed by atoms with van der Waals surface area (Å²) >= 11 is 0. The van der Waals surface area contributed by atoms with Gasteiger partial charge in [0.15, 0.2) is 0 Å². The zero-order valence-electron chi connectivity index (χ0n) is 11.4. The van der Waals surface area contributed by atoms with Gasteiger partial charge in [0.2, 0.25) is 0 Å². The fourth-order valence-corrected chi connectivity index (χ4v) is 2.12. The third-order valence-corrected chi connectivity index (χ3v) is 3.38. The van der Waals surface area contributed by atoms with E-state index >= 15 is 0 Å². The molecule has 0 fully saturated rings. The summed E-state index contributed by atoms with van der Waals surface area (Å²) < 4.78 is 0. The topological polar surface area (TPSA) is 32.3 Å². The largest absolute Gasteiger partial charge is 0.508 e. The van der Waals surface area contributed by atoms with E-state index in [4.69, 9.17) is 0 Å². The van der Waals surface area contributed by atoms with E-state index in [1.54, 1.807) is 12.1 Å². The lowest BCUT2D eigenvalue weighted by molar-refractivity contribution is 0.385. The molecule has 0 saturated heterocycles. The Kier molecular flexibility index (Phi) is 5.49. The van der Waals surface area contributed by atoms with Gasteiger partial charge in [0.05, 0.1) is 0 Å². The standard InChI is InChI=1S/C15H25NO/c1-5-11(2)10-12(3)16-13(4)14-6-8-15(17)9-7-14/h6-9,11-13,16-17H,5,10H2,1-4H3. The highest BCUT2D eigenvalue weighted by Gasteiger charge is 2.11. The van der Waals surface area contributed by atoms with Crippen molar-refractivity contribution in [3.8, 4) is 5.75 Å². The summed E-state index contributed by atoms with van der Waals surface area (Å²) in [7, 11) is 0. The van der Waals surface area contributed by atoms with E-state index in [-0.39, 0.29) is 0 Å². The summed E-state index contributed by atoms with van der Waals surface area (Å²) in [4.78, 5) is 0. The Morgan fingerprint density at radius 2 is 1.71 bits per heavy atom. The summed E-state index contributed by atoms with van der Waals surface area (Å²) in [6, 6.07) is 8.29. The van der Waals surface area contributed by atoms with Crippen LogP contribution in [0.3, 0.4) is 0 Å². The van der Waals surface area contributed by atoms with Crippen molar-refractivity contribution in [2.45, 2.75) is 52.6 Å². The first kappa shape index (κ1) is 14.0. The first-order valence-electron chi connectivity index (χ1n) is 6.57. The van der Waals surface area contributed by atoms with E-state index < -0.39 is 0 Å². The quantitative estimate of drug-likeness (QED) is 0.784. The van der Waals surface area contributed by atoms with Crippen LogP contribution in [0.15, 0.2) is 24.3 Å². The number of hydrogen-bond donors (Lipinski definition) is 2. The molecule has 0 aliphatic heterocycles. The third kappa shape index (κ3) is 4.78. The highest BCUT2D eigenvalue weighted by Crippen LogP contribution is 2.18. The van der Waals surface area contributed by atoms with Gasteiger partial charge in [0, 0.05) is 12.1 Å². The number of rotatable bonds is 6. The Balaban J connectivity index is 2.48. The van der Waals surface area contributed by atoms with Crippen LogP contribution < -0.4 is 5.32 Å². The van der Waals surface area contributed by atoms with E-state index in [0.29, 0.717) is 17.8 Å². The van der Waals surface area contributed by atoms with Crippen molar-refractivity contribution >= 4 is 0 Å². The first-order chi connectivity index (χ1) is 8.02. The summed E-state index contributed by atoms with van der Waals surface area (Å²) in [6.07, 6.45) is 2.44. The molecular formula is C15H25NO. The molecule has 0 spiro atoms. The van der Waals surface area contributed by atoms with Crippen molar-refractivity contribution in [3.05, 3.63) is 29.8 Å². The smallest absolute Gasteiger partial charge is 0.115 e. The zero-order valence-corrected chi connectivity index (χ0v) is 11.4. The lowest BCUT2D eigenvalue weighted by Crippen LogP contribution is -2.30. The second-order valence-corrected chi connectivity index (χ2v) is 5.13. The second-order valence-electron chi connectivity index (χ2n) is 5.13. The van der Waals surface area contributed by atoms with Crippen molar-refractivity contribution < 1.29 is 5.11 Å². The Bertz CT molecular complexity index is 320. The van der Waals surface area contributed by atoms with Crippen LogP contribution >= 0.6 is 0 Å². The van der Waals surface area contributed by atoms with Gasteiger partial charge in [-0.3, -0.25) is 0 Å². The number of aromatic hydroxyl groups is 1. The van der Waals surface area contributed by atoms with Crippen LogP contribution in [0.5, 0.6) is 5.75 Å². The fourth-order valence-electron chi connectivity index (χ4n) is 2.12. The minimum absolute atomic E-state index is 0.327. The average molecular weight is 235 g/mol. The van der Waals surface area contributed by atoms with E-state index in [2.05, 4.69) is 33.0 Å². The molecule has 0 bridgehead atoms. The summed E-state index contributed by atoms with van der Waals surface area (Å²) in [5, 5.41) is 12.8. The van der Waals surface area contributed by atoms with E-state index in [0.717, 1.165) is 5.92 Å². The SMILES string of the molecule is CCC(C)CC(C)NC(C)c1ccc(O)cc1. The minimum Gasteiger partial charge on any atom is -0.508 e. The van der Waals surface area contributed by atoms with Crippen molar-refractivity contribution in [3.63, 3.8) is 0 Å². The number of phenols is 1. The van der Waals surface area contributed by atoms with Crippen LogP contribution in [0.25, 0.3) is 0 Å². The van der Waals surface area contributed by atoms with Gasteiger partial charge in [0.25, 0.3) is 0 Å². The monoisotopic (exact) mass is 235 g/mol. The number of phenolic OH excluding ortho intramolecular Hbond substituents is 1. The molecule has 96 valence electrons. The van der Waals surface area contributed by atoms with Crippen LogP contribution in [-0.4, -0.2) is 11.1 Å². The second kappa shape index (κ2) is 6.65. The Morgan fingerprint density at radius 1 is 1.12 bits per heavy atom. The van der Waals surface area contributed by atoms with Gasteiger partial charge in [-0.15, -0.1) is 0 Å². The van der Waals surface area contributed by atoms with E-state index in [1.165, 1.54) is 18.4 Å². The number of benzene rings is 1.